The predicted octanol–water partition coefficient (Wildman–Crippen LogP) is 4.32. The molecule has 138 valence electrons. The fourth-order valence-electron chi connectivity index (χ4n) is 2.66. The van der Waals surface area contributed by atoms with Gasteiger partial charge < -0.3 is 4.42 Å². The first-order chi connectivity index (χ1) is 13.6. The van der Waals surface area contributed by atoms with Crippen LogP contribution in [-0.4, -0.2) is 16.5 Å². The number of nitrogens with zero attached hydrogens (tertiary/aromatic N) is 2. The van der Waals surface area contributed by atoms with Gasteiger partial charge in [0.25, 0.3) is 0 Å². The zero-order valence-corrected chi connectivity index (χ0v) is 15.7. The molecular weight excluding hydrogens is 374 g/mol. The van der Waals surface area contributed by atoms with Crippen LogP contribution in [0, 0.1) is 0 Å². The molecule has 0 unspecified atom stereocenters. The maximum Gasteiger partial charge on any atom is 0.347 e. The molecule has 1 N–H and O–H groups in total. The first-order valence-corrected chi connectivity index (χ1v) is 9.32. The Morgan fingerprint density at radius 1 is 1.11 bits per heavy atom. The Kier molecular flexibility index (Phi) is 4.82. The molecule has 4 rings (SSSR count). The summed E-state index contributed by atoms with van der Waals surface area (Å²) in [5, 5.41) is 5.44. The zero-order chi connectivity index (χ0) is 19.5. The van der Waals surface area contributed by atoms with E-state index in [0.717, 1.165) is 22.6 Å². The summed E-state index contributed by atoms with van der Waals surface area (Å²) >= 11 is 1.13. The number of hydrazone groups is 1. The number of fused-ring (bicyclic) bond motifs is 1. The highest BCUT2D eigenvalue weighted by Crippen LogP contribution is 2.22. The molecule has 0 atom stereocenters. The number of rotatable bonds is 5. The second-order valence-electron chi connectivity index (χ2n) is 6.02. The highest BCUT2D eigenvalue weighted by atomic mass is 32.1. The van der Waals surface area contributed by atoms with Crippen molar-refractivity contribution >= 4 is 38.9 Å². The Hall–Kier alpha value is -3.58. The molecule has 0 spiro atoms. The molecule has 0 aliphatic rings. The van der Waals surface area contributed by atoms with E-state index in [1.165, 1.54) is 6.20 Å². The van der Waals surface area contributed by atoms with Crippen molar-refractivity contribution in [3.05, 3.63) is 93.3 Å². The molecule has 7 heteroatoms. The molecule has 6 nitrogen and oxygen atoms in total. The maximum absolute atomic E-state index is 12.7. The number of thiazole rings is 1. The van der Waals surface area contributed by atoms with Gasteiger partial charge >= 0.3 is 5.63 Å². The van der Waals surface area contributed by atoms with E-state index in [2.05, 4.69) is 15.5 Å². The van der Waals surface area contributed by atoms with Crippen molar-refractivity contribution in [1.82, 2.24) is 4.98 Å². The standard InChI is InChI=1S/C21H15N3O3S/c1-13(14-7-3-2-4-8-14)23-24-21-22-12-18(28-21)19(25)16-11-15-9-5-6-10-17(15)27-20(16)26/h2-12H,1H3,(H,22,24)/b23-13+. The van der Waals surface area contributed by atoms with Crippen LogP contribution in [0.15, 0.2) is 81.2 Å². The van der Waals surface area contributed by atoms with Gasteiger partial charge in [0, 0.05) is 5.39 Å². The van der Waals surface area contributed by atoms with Crippen LogP contribution in [0.5, 0.6) is 0 Å². The van der Waals surface area contributed by atoms with Crippen LogP contribution < -0.4 is 11.1 Å². The Morgan fingerprint density at radius 2 is 1.86 bits per heavy atom. The number of aromatic nitrogens is 1. The molecule has 2 aromatic heterocycles. The molecule has 0 amide bonds. The second kappa shape index (κ2) is 7.58. The number of carbonyl (C=O) groups excluding carboxylic acids is 1. The summed E-state index contributed by atoms with van der Waals surface area (Å²) in [5.74, 6) is -0.422. The van der Waals surface area contributed by atoms with E-state index < -0.39 is 11.4 Å². The lowest BCUT2D eigenvalue weighted by atomic mass is 10.1. The Morgan fingerprint density at radius 3 is 2.68 bits per heavy atom. The zero-order valence-electron chi connectivity index (χ0n) is 14.9. The molecule has 0 aliphatic carbocycles. The maximum atomic E-state index is 12.7. The third-order valence-electron chi connectivity index (χ3n) is 4.13. The Balaban J connectivity index is 1.57. The summed E-state index contributed by atoms with van der Waals surface area (Å²) in [4.78, 5) is 29.4. The van der Waals surface area contributed by atoms with Gasteiger partial charge in [-0.3, -0.25) is 10.2 Å². The monoisotopic (exact) mass is 389 g/mol. The number of carbonyl (C=O) groups is 1. The van der Waals surface area contributed by atoms with Crippen molar-refractivity contribution in [1.29, 1.82) is 0 Å². The molecule has 0 fully saturated rings. The van der Waals surface area contributed by atoms with E-state index in [1.54, 1.807) is 24.3 Å². The van der Waals surface area contributed by atoms with Crippen molar-refractivity contribution in [2.24, 2.45) is 5.10 Å². The van der Waals surface area contributed by atoms with Gasteiger partial charge in [-0.15, -0.1) is 0 Å². The first kappa shape index (κ1) is 17.8. The number of benzene rings is 2. The number of ketones is 1. The summed E-state index contributed by atoms with van der Waals surface area (Å²) in [6, 6.07) is 18.3. The number of anilines is 1. The van der Waals surface area contributed by atoms with Crippen LogP contribution in [0.3, 0.4) is 0 Å². The summed E-state index contributed by atoms with van der Waals surface area (Å²) in [6.07, 6.45) is 1.43. The van der Waals surface area contributed by atoms with Crippen LogP contribution >= 0.6 is 11.3 Å². The summed E-state index contributed by atoms with van der Waals surface area (Å²) in [7, 11) is 0. The number of hydrogen-bond donors (Lipinski definition) is 1. The predicted molar refractivity (Wildman–Crippen MR) is 110 cm³/mol. The highest BCUT2D eigenvalue weighted by molar-refractivity contribution is 7.17. The van der Waals surface area contributed by atoms with E-state index in [1.807, 2.05) is 43.3 Å². The first-order valence-electron chi connectivity index (χ1n) is 8.51. The minimum atomic E-state index is -0.662. The third-order valence-corrected chi connectivity index (χ3v) is 5.03. The van der Waals surface area contributed by atoms with E-state index in [4.69, 9.17) is 4.42 Å². The van der Waals surface area contributed by atoms with E-state index in [0.29, 0.717) is 21.0 Å². The van der Waals surface area contributed by atoms with E-state index in [-0.39, 0.29) is 5.56 Å². The van der Waals surface area contributed by atoms with Crippen molar-refractivity contribution in [3.8, 4) is 0 Å². The summed E-state index contributed by atoms with van der Waals surface area (Å²) < 4.78 is 5.24. The third kappa shape index (κ3) is 3.60. The second-order valence-corrected chi connectivity index (χ2v) is 7.05. The minimum Gasteiger partial charge on any atom is -0.422 e. The van der Waals surface area contributed by atoms with Gasteiger partial charge in [-0.05, 0) is 24.6 Å². The molecule has 0 saturated carbocycles. The molecule has 2 aromatic carbocycles. The Bertz CT molecular complexity index is 1240. The van der Waals surface area contributed by atoms with Crippen molar-refractivity contribution in [3.63, 3.8) is 0 Å². The topological polar surface area (TPSA) is 84.6 Å². The number of nitrogens with one attached hydrogen (secondary N) is 1. The fraction of sp³-hybridized carbons (Fsp3) is 0.0476. The van der Waals surface area contributed by atoms with Gasteiger partial charge in [0.15, 0.2) is 0 Å². The van der Waals surface area contributed by atoms with Crippen LogP contribution in [0.4, 0.5) is 5.13 Å². The smallest absolute Gasteiger partial charge is 0.347 e. The van der Waals surface area contributed by atoms with Gasteiger partial charge in [-0.25, -0.2) is 9.78 Å². The van der Waals surface area contributed by atoms with Crippen LogP contribution in [0.1, 0.15) is 27.7 Å². The van der Waals surface area contributed by atoms with Gasteiger partial charge in [-0.2, -0.15) is 5.10 Å². The molecule has 2 heterocycles. The van der Waals surface area contributed by atoms with E-state index >= 15 is 0 Å². The van der Waals surface area contributed by atoms with Gasteiger partial charge in [0.2, 0.25) is 10.9 Å². The molecule has 28 heavy (non-hydrogen) atoms. The van der Waals surface area contributed by atoms with Crippen LogP contribution in [0.2, 0.25) is 0 Å². The SMILES string of the molecule is C/C(=N\Nc1ncc(C(=O)c2cc3ccccc3oc2=O)s1)c1ccccc1. The lowest BCUT2D eigenvalue weighted by Gasteiger charge is -2.00. The average Bonchev–Trinajstić information content (AvgIpc) is 3.20. The number of para-hydroxylation sites is 1. The molecule has 4 aromatic rings. The highest BCUT2D eigenvalue weighted by Gasteiger charge is 2.18. The van der Waals surface area contributed by atoms with E-state index in [9.17, 15) is 9.59 Å². The molecule has 0 aliphatic heterocycles. The molecule has 0 bridgehead atoms. The fourth-order valence-corrected chi connectivity index (χ4v) is 3.37. The molecule has 0 saturated heterocycles. The van der Waals surface area contributed by atoms with Gasteiger partial charge in [-0.1, -0.05) is 59.9 Å². The van der Waals surface area contributed by atoms with Crippen LogP contribution in [0.25, 0.3) is 11.0 Å². The average molecular weight is 389 g/mol. The lowest BCUT2D eigenvalue weighted by Crippen LogP contribution is -2.13. The normalized spacial score (nSPS) is 11.5. The molecule has 0 radical (unpaired) electrons. The Labute approximate surface area is 164 Å². The quantitative estimate of drug-likeness (QED) is 0.238. The van der Waals surface area contributed by atoms with Gasteiger partial charge in [0.1, 0.15) is 11.1 Å². The van der Waals surface area contributed by atoms with Crippen molar-refractivity contribution in [2.75, 3.05) is 5.43 Å². The summed E-state index contributed by atoms with van der Waals surface area (Å²) in [6.45, 7) is 1.88. The minimum absolute atomic E-state index is 0.0159. The van der Waals surface area contributed by atoms with Crippen molar-refractivity contribution in [2.45, 2.75) is 6.92 Å². The largest absolute Gasteiger partial charge is 0.422 e. The number of hydrogen-bond acceptors (Lipinski definition) is 7. The summed E-state index contributed by atoms with van der Waals surface area (Å²) in [5.41, 5.74) is 4.40. The van der Waals surface area contributed by atoms with Gasteiger partial charge in [0.05, 0.1) is 16.8 Å². The molecular formula is C21H15N3O3S. The lowest BCUT2D eigenvalue weighted by molar-refractivity contribution is 0.103. The van der Waals surface area contributed by atoms with Crippen LogP contribution in [-0.2, 0) is 0 Å². The van der Waals surface area contributed by atoms with Crippen molar-refractivity contribution < 1.29 is 9.21 Å².